The van der Waals surface area contributed by atoms with E-state index in [1.807, 2.05) is 25.2 Å². The highest BCUT2D eigenvalue weighted by molar-refractivity contribution is 5.72. The molecule has 0 amide bonds. The molecule has 16 heavy (non-hydrogen) atoms. The van der Waals surface area contributed by atoms with Crippen LogP contribution in [0.1, 0.15) is 18.4 Å². The van der Waals surface area contributed by atoms with E-state index in [1.165, 1.54) is 5.56 Å². The molecule has 1 aromatic carbocycles. The van der Waals surface area contributed by atoms with Crippen molar-refractivity contribution in [3.8, 4) is 0 Å². The van der Waals surface area contributed by atoms with E-state index in [0.29, 0.717) is 0 Å². The SMILES string of the molecule is CN(Cc1ccccc1)C1CCC1C(=O)O. The summed E-state index contributed by atoms with van der Waals surface area (Å²) in [6, 6.07) is 10.4. The molecule has 0 saturated heterocycles. The number of carboxylic acids is 1. The zero-order valence-corrected chi connectivity index (χ0v) is 9.47. The highest BCUT2D eigenvalue weighted by Crippen LogP contribution is 2.32. The third kappa shape index (κ3) is 2.25. The molecule has 0 bridgehead atoms. The van der Waals surface area contributed by atoms with Crippen molar-refractivity contribution >= 4 is 5.97 Å². The van der Waals surface area contributed by atoms with Crippen LogP contribution in [0.15, 0.2) is 30.3 Å². The molecule has 2 atom stereocenters. The lowest BCUT2D eigenvalue weighted by atomic mass is 9.78. The van der Waals surface area contributed by atoms with Crippen molar-refractivity contribution in [3.63, 3.8) is 0 Å². The molecule has 0 spiro atoms. The van der Waals surface area contributed by atoms with Crippen molar-refractivity contribution in [1.82, 2.24) is 4.90 Å². The summed E-state index contributed by atoms with van der Waals surface area (Å²) >= 11 is 0. The number of carboxylic acid groups (broad SMARTS) is 1. The van der Waals surface area contributed by atoms with Crippen LogP contribution < -0.4 is 0 Å². The summed E-state index contributed by atoms with van der Waals surface area (Å²) in [6.45, 7) is 0.829. The summed E-state index contributed by atoms with van der Waals surface area (Å²) < 4.78 is 0. The normalized spacial score (nSPS) is 24.1. The average molecular weight is 219 g/mol. The van der Waals surface area contributed by atoms with E-state index in [9.17, 15) is 4.79 Å². The molecule has 1 N–H and O–H groups in total. The molecule has 86 valence electrons. The third-order valence-electron chi connectivity index (χ3n) is 3.40. The first kappa shape index (κ1) is 11.1. The topological polar surface area (TPSA) is 40.5 Å². The molecule has 2 rings (SSSR count). The van der Waals surface area contributed by atoms with Gasteiger partial charge >= 0.3 is 5.97 Å². The molecule has 1 aliphatic rings. The minimum Gasteiger partial charge on any atom is -0.481 e. The van der Waals surface area contributed by atoms with Crippen LogP contribution in [-0.4, -0.2) is 29.1 Å². The molecule has 0 radical (unpaired) electrons. The molecule has 1 saturated carbocycles. The fourth-order valence-electron chi connectivity index (χ4n) is 2.29. The number of aliphatic carboxylic acids is 1. The summed E-state index contributed by atoms with van der Waals surface area (Å²) in [6.07, 6.45) is 1.82. The van der Waals surface area contributed by atoms with Crippen LogP contribution in [-0.2, 0) is 11.3 Å². The fourth-order valence-corrected chi connectivity index (χ4v) is 2.29. The second-order valence-electron chi connectivity index (χ2n) is 4.49. The standard InChI is InChI=1S/C13H17NO2/c1-14(9-10-5-3-2-4-6-10)12-8-7-11(12)13(15)16/h2-6,11-12H,7-9H2,1H3,(H,15,16). The molecule has 0 aliphatic heterocycles. The first-order valence-electron chi connectivity index (χ1n) is 5.65. The molecule has 3 heteroatoms. The number of benzene rings is 1. The van der Waals surface area contributed by atoms with E-state index in [1.54, 1.807) is 0 Å². The summed E-state index contributed by atoms with van der Waals surface area (Å²) in [5.41, 5.74) is 1.24. The number of nitrogens with zero attached hydrogens (tertiary/aromatic N) is 1. The van der Waals surface area contributed by atoms with Crippen LogP contribution in [0.25, 0.3) is 0 Å². The van der Waals surface area contributed by atoms with E-state index in [0.717, 1.165) is 19.4 Å². The van der Waals surface area contributed by atoms with Gasteiger partial charge in [-0.3, -0.25) is 9.69 Å². The van der Waals surface area contributed by atoms with Crippen LogP contribution in [0.5, 0.6) is 0 Å². The van der Waals surface area contributed by atoms with E-state index in [4.69, 9.17) is 5.11 Å². The predicted molar refractivity (Wildman–Crippen MR) is 62.1 cm³/mol. The second kappa shape index (κ2) is 4.66. The lowest BCUT2D eigenvalue weighted by molar-refractivity contribution is -0.148. The molecular weight excluding hydrogens is 202 g/mol. The molecule has 1 aromatic rings. The molecule has 3 nitrogen and oxygen atoms in total. The Morgan fingerprint density at radius 3 is 2.56 bits per heavy atom. The van der Waals surface area contributed by atoms with Gasteiger partial charge < -0.3 is 5.11 Å². The monoisotopic (exact) mass is 219 g/mol. The lowest BCUT2D eigenvalue weighted by Crippen LogP contribution is -2.48. The van der Waals surface area contributed by atoms with Crippen LogP contribution in [0.4, 0.5) is 0 Å². The van der Waals surface area contributed by atoms with Gasteiger partial charge in [0.1, 0.15) is 0 Å². The van der Waals surface area contributed by atoms with Crippen LogP contribution >= 0.6 is 0 Å². The van der Waals surface area contributed by atoms with Crippen molar-refractivity contribution in [2.45, 2.75) is 25.4 Å². The Bertz CT molecular complexity index is 363. The van der Waals surface area contributed by atoms with E-state index < -0.39 is 5.97 Å². The Morgan fingerprint density at radius 2 is 2.06 bits per heavy atom. The molecular formula is C13H17NO2. The van der Waals surface area contributed by atoms with Gasteiger partial charge in [0, 0.05) is 12.6 Å². The molecule has 1 fully saturated rings. The maximum absolute atomic E-state index is 10.9. The van der Waals surface area contributed by atoms with Gasteiger partial charge in [0.2, 0.25) is 0 Å². The van der Waals surface area contributed by atoms with E-state index in [-0.39, 0.29) is 12.0 Å². The van der Waals surface area contributed by atoms with Crippen LogP contribution in [0.3, 0.4) is 0 Å². The zero-order valence-electron chi connectivity index (χ0n) is 9.47. The van der Waals surface area contributed by atoms with Gasteiger partial charge in [-0.25, -0.2) is 0 Å². The first-order chi connectivity index (χ1) is 7.68. The summed E-state index contributed by atoms with van der Waals surface area (Å²) in [4.78, 5) is 13.1. The van der Waals surface area contributed by atoms with Gasteiger partial charge in [-0.15, -0.1) is 0 Å². The highest BCUT2D eigenvalue weighted by atomic mass is 16.4. The Labute approximate surface area is 95.7 Å². The van der Waals surface area contributed by atoms with Crippen LogP contribution in [0, 0.1) is 5.92 Å². The minimum absolute atomic E-state index is 0.172. The van der Waals surface area contributed by atoms with Gasteiger partial charge in [-0.2, -0.15) is 0 Å². The first-order valence-corrected chi connectivity index (χ1v) is 5.65. The zero-order chi connectivity index (χ0) is 11.5. The Balaban J connectivity index is 1.94. The van der Waals surface area contributed by atoms with Gasteiger partial charge in [0.25, 0.3) is 0 Å². The van der Waals surface area contributed by atoms with Crippen molar-refractivity contribution in [3.05, 3.63) is 35.9 Å². The number of rotatable bonds is 4. The largest absolute Gasteiger partial charge is 0.481 e. The summed E-state index contributed by atoms with van der Waals surface area (Å²) in [7, 11) is 2.01. The minimum atomic E-state index is -0.656. The van der Waals surface area contributed by atoms with Gasteiger partial charge in [-0.05, 0) is 25.5 Å². The third-order valence-corrected chi connectivity index (χ3v) is 3.40. The Kier molecular flexibility index (Phi) is 3.25. The van der Waals surface area contributed by atoms with Gasteiger partial charge in [0.05, 0.1) is 5.92 Å². The molecule has 0 aromatic heterocycles. The lowest BCUT2D eigenvalue weighted by Gasteiger charge is -2.40. The van der Waals surface area contributed by atoms with Crippen molar-refractivity contribution in [1.29, 1.82) is 0 Å². The Morgan fingerprint density at radius 1 is 1.38 bits per heavy atom. The summed E-state index contributed by atoms with van der Waals surface area (Å²) in [5.74, 6) is -0.829. The number of hydrogen-bond donors (Lipinski definition) is 1. The van der Waals surface area contributed by atoms with Crippen molar-refractivity contribution in [2.24, 2.45) is 5.92 Å². The number of hydrogen-bond acceptors (Lipinski definition) is 2. The smallest absolute Gasteiger partial charge is 0.308 e. The maximum atomic E-state index is 10.9. The van der Waals surface area contributed by atoms with Gasteiger partial charge in [0.15, 0.2) is 0 Å². The van der Waals surface area contributed by atoms with Crippen molar-refractivity contribution < 1.29 is 9.90 Å². The van der Waals surface area contributed by atoms with Crippen molar-refractivity contribution in [2.75, 3.05) is 7.05 Å². The summed E-state index contributed by atoms with van der Waals surface area (Å²) in [5, 5.41) is 8.99. The quantitative estimate of drug-likeness (QED) is 0.841. The fraction of sp³-hybridized carbons (Fsp3) is 0.462. The molecule has 0 heterocycles. The van der Waals surface area contributed by atoms with Gasteiger partial charge in [-0.1, -0.05) is 30.3 Å². The molecule has 1 aliphatic carbocycles. The maximum Gasteiger partial charge on any atom is 0.308 e. The number of carbonyl (C=O) groups is 1. The van der Waals surface area contributed by atoms with Crippen LogP contribution in [0.2, 0.25) is 0 Å². The highest BCUT2D eigenvalue weighted by Gasteiger charge is 2.38. The van der Waals surface area contributed by atoms with E-state index in [2.05, 4.69) is 17.0 Å². The Hall–Kier alpha value is -1.35. The molecule has 2 unspecified atom stereocenters. The van der Waals surface area contributed by atoms with E-state index >= 15 is 0 Å². The average Bonchev–Trinajstić information content (AvgIpc) is 2.16. The second-order valence-corrected chi connectivity index (χ2v) is 4.49. The predicted octanol–water partition coefficient (Wildman–Crippen LogP) is 1.98.